The molecule has 0 aromatic heterocycles. The molecule has 0 bridgehead atoms. The average molecular weight is 394 g/mol. The van der Waals surface area contributed by atoms with Crippen LogP contribution in [0.4, 0.5) is 0 Å². The van der Waals surface area contributed by atoms with Gasteiger partial charge in [-0.3, -0.25) is 9.69 Å². The maximum atomic E-state index is 12.8. The summed E-state index contributed by atoms with van der Waals surface area (Å²) >= 11 is 6.75. The van der Waals surface area contributed by atoms with Crippen molar-refractivity contribution in [1.82, 2.24) is 4.90 Å². The van der Waals surface area contributed by atoms with Gasteiger partial charge >= 0.3 is 0 Å². The molecule has 0 aliphatic carbocycles. The number of hydrogen-bond acceptors (Lipinski definition) is 6. The van der Waals surface area contributed by atoms with Crippen LogP contribution < -0.4 is 9.47 Å². The molecule has 0 radical (unpaired) electrons. The zero-order valence-corrected chi connectivity index (χ0v) is 16.9. The number of hydrogen-bond donors (Lipinski definition) is 0. The molecule has 140 valence electrons. The Morgan fingerprint density at radius 3 is 2.88 bits per heavy atom. The predicted octanol–water partition coefficient (Wildman–Crippen LogP) is 3.78. The molecule has 2 aliphatic heterocycles. The van der Waals surface area contributed by atoms with E-state index in [1.807, 2.05) is 32.1 Å². The summed E-state index contributed by atoms with van der Waals surface area (Å²) < 4.78 is 17.2. The van der Waals surface area contributed by atoms with Crippen LogP contribution in [0.1, 0.15) is 30.9 Å². The van der Waals surface area contributed by atoms with E-state index in [-0.39, 0.29) is 12.0 Å². The summed E-state index contributed by atoms with van der Waals surface area (Å²) in [6.07, 6.45) is 3.99. The van der Waals surface area contributed by atoms with Gasteiger partial charge in [-0.25, -0.2) is 0 Å². The number of rotatable bonds is 6. The van der Waals surface area contributed by atoms with Crippen molar-refractivity contribution >= 4 is 40.3 Å². The molecule has 1 aromatic carbocycles. The maximum Gasteiger partial charge on any atom is 0.266 e. The fraction of sp³-hybridized carbons (Fsp3) is 0.474. The van der Waals surface area contributed by atoms with E-state index in [0.29, 0.717) is 33.9 Å². The van der Waals surface area contributed by atoms with Crippen molar-refractivity contribution in [3.05, 3.63) is 28.2 Å². The van der Waals surface area contributed by atoms with Gasteiger partial charge in [-0.15, -0.1) is 0 Å². The number of ether oxygens (including phenoxy) is 3. The van der Waals surface area contributed by atoms with Crippen molar-refractivity contribution in [1.29, 1.82) is 0 Å². The van der Waals surface area contributed by atoms with E-state index < -0.39 is 0 Å². The van der Waals surface area contributed by atoms with Crippen LogP contribution in [0.25, 0.3) is 6.08 Å². The lowest BCUT2D eigenvalue weighted by Gasteiger charge is -2.18. The molecular formula is C19H23NO4S2. The third-order valence-corrected chi connectivity index (χ3v) is 5.80. The van der Waals surface area contributed by atoms with Crippen LogP contribution in [-0.2, 0) is 9.53 Å². The standard InChI is InChI=1S/C19H23NO4S2/c1-4-23-16-9-13(12(2)8-15(16)22-3)10-17-18(21)20(19(25)26-17)11-14-6-5-7-24-14/h8-10,14H,4-7,11H2,1-3H3/b17-10-/t14-/m0/s1. The van der Waals surface area contributed by atoms with Gasteiger partial charge in [0, 0.05) is 6.61 Å². The van der Waals surface area contributed by atoms with Crippen LogP contribution in [0.3, 0.4) is 0 Å². The lowest BCUT2D eigenvalue weighted by molar-refractivity contribution is -0.123. The van der Waals surface area contributed by atoms with Gasteiger partial charge in [0.25, 0.3) is 5.91 Å². The van der Waals surface area contributed by atoms with Crippen molar-refractivity contribution in [3.8, 4) is 11.5 Å². The summed E-state index contributed by atoms with van der Waals surface area (Å²) in [6.45, 7) is 5.75. The Morgan fingerprint density at radius 1 is 1.42 bits per heavy atom. The van der Waals surface area contributed by atoms with Crippen LogP contribution in [0, 0.1) is 6.92 Å². The van der Waals surface area contributed by atoms with Gasteiger partial charge in [-0.05, 0) is 56.0 Å². The molecule has 1 aromatic rings. The highest BCUT2D eigenvalue weighted by molar-refractivity contribution is 8.26. The summed E-state index contributed by atoms with van der Waals surface area (Å²) in [5.74, 6) is 1.30. The number of thiocarbonyl (C=S) groups is 1. The van der Waals surface area contributed by atoms with Crippen LogP contribution in [-0.4, -0.2) is 48.1 Å². The molecule has 1 amide bonds. The molecule has 0 spiro atoms. The Bertz CT molecular complexity index is 741. The number of methoxy groups -OCH3 is 1. The number of amides is 1. The van der Waals surface area contributed by atoms with Crippen molar-refractivity contribution < 1.29 is 19.0 Å². The first-order chi connectivity index (χ1) is 12.5. The van der Waals surface area contributed by atoms with Crippen LogP contribution in [0.2, 0.25) is 0 Å². The minimum absolute atomic E-state index is 0.0522. The molecule has 1 atom stereocenters. The second-order valence-corrected chi connectivity index (χ2v) is 7.90. The van der Waals surface area contributed by atoms with E-state index in [2.05, 4.69) is 0 Å². The smallest absolute Gasteiger partial charge is 0.266 e. The second-order valence-electron chi connectivity index (χ2n) is 6.22. The van der Waals surface area contributed by atoms with E-state index in [1.165, 1.54) is 11.8 Å². The molecule has 2 saturated heterocycles. The minimum atomic E-state index is -0.0522. The molecule has 7 heteroatoms. The topological polar surface area (TPSA) is 48.0 Å². The first kappa shape index (κ1) is 19.2. The molecule has 26 heavy (non-hydrogen) atoms. The van der Waals surface area contributed by atoms with E-state index in [9.17, 15) is 4.79 Å². The number of carbonyl (C=O) groups is 1. The largest absolute Gasteiger partial charge is 0.493 e. The lowest BCUT2D eigenvalue weighted by atomic mass is 10.1. The van der Waals surface area contributed by atoms with Crippen LogP contribution in [0.5, 0.6) is 11.5 Å². The molecule has 5 nitrogen and oxygen atoms in total. The number of aryl methyl sites for hydroxylation is 1. The summed E-state index contributed by atoms with van der Waals surface area (Å²) in [5, 5.41) is 0. The third kappa shape index (κ3) is 4.05. The number of thioether (sulfide) groups is 1. The Kier molecular flexibility index (Phi) is 6.21. The van der Waals surface area contributed by atoms with Crippen molar-refractivity contribution in [3.63, 3.8) is 0 Å². The molecule has 0 N–H and O–H groups in total. The van der Waals surface area contributed by atoms with Gasteiger partial charge in [0.15, 0.2) is 11.5 Å². The highest BCUT2D eigenvalue weighted by Gasteiger charge is 2.34. The first-order valence-corrected chi connectivity index (χ1v) is 9.94. The van der Waals surface area contributed by atoms with E-state index >= 15 is 0 Å². The lowest BCUT2D eigenvalue weighted by Crippen LogP contribution is -2.35. The van der Waals surface area contributed by atoms with Gasteiger partial charge < -0.3 is 14.2 Å². The fourth-order valence-corrected chi connectivity index (χ4v) is 4.32. The van der Waals surface area contributed by atoms with Gasteiger partial charge in [-0.2, -0.15) is 0 Å². The highest BCUT2D eigenvalue weighted by atomic mass is 32.2. The molecule has 0 unspecified atom stereocenters. The monoisotopic (exact) mass is 393 g/mol. The Morgan fingerprint density at radius 2 is 2.23 bits per heavy atom. The zero-order chi connectivity index (χ0) is 18.7. The third-order valence-electron chi connectivity index (χ3n) is 4.42. The highest BCUT2D eigenvalue weighted by Crippen LogP contribution is 2.36. The normalized spacial score (nSPS) is 21.7. The average Bonchev–Trinajstić information content (AvgIpc) is 3.22. The van der Waals surface area contributed by atoms with Crippen molar-refractivity contribution in [2.75, 3.05) is 26.9 Å². The maximum absolute atomic E-state index is 12.8. The number of nitrogens with zero attached hydrogens (tertiary/aromatic N) is 1. The second kappa shape index (κ2) is 8.41. The molecule has 2 heterocycles. The molecule has 2 aliphatic rings. The van der Waals surface area contributed by atoms with Gasteiger partial charge in [0.2, 0.25) is 0 Å². The van der Waals surface area contributed by atoms with Crippen molar-refractivity contribution in [2.24, 2.45) is 0 Å². The predicted molar refractivity (Wildman–Crippen MR) is 108 cm³/mol. The van der Waals surface area contributed by atoms with Crippen molar-refractivity contribution in [2.45, 2.75) is 32.8 Å². The van der Waals surface area contributed by atoms with E-state index in [4.69, 9.17) is 26.4 Å². The van der Waals surface area contributed by atoms with Gasteiger partial charge in [0.05, 0.1) is 31.3 Å². The summed E-state index contributed by atoms with van der Waals surface area (Å²) in [7, 11) is 1.62. The van der Waals surface area contributed by atoms with E-state index in [0.717, 1.165) is 30.6 Å². The molecule has 2 fully saturated rings. The molecule has 3 rings (SSSR count). The number of carbonyl (C=O) groups excluding carboxylic acids is 1. The fourth-order valence-electron chi connectivity index (χ4n) is 3.05. The SMILES string of the molecule is CCOc1cc(/C=C2\SC(=S)N(C[C@@H]3CCCO3)C2=O)c(C)cc1OC. The Balaban J connectivity index is 1.84. The molecular weight excluding hydrogens is 370 g/mol. The Labute approximate surface area is 163 Å². The van der Waals surface area contributed by atoms with Gasteiger partial charge in [-0.1, -0.05) is 24.0 Å². The minimum Gasteiger partial charge on any atom is -0.493 e. The van der Waals surface area contributed by atoms with Crippen LogP contribution in [0.15, 0.2) is 17.0 Å². The number of benzene rings is 1. The zero-order valence-electron chi connectivity index (χ0n) is 15.2. The summed E-state index contributed by atoms with van der Waals surface area (Å²) in [5.41, 5.74) is 1.93. The Hall–Kier alpha value is -1.57. The van der Waals surface area contributed by atoms with E-state index in [1.54, 1.807) is 12.0 Å². The van der Waals surface area contributed by atoms with Gasteiger partial charge in [0.1, 0.15) is 4.32 Å². The summed E-state index contributed by atoms with van der Waals surface area (Å²) in [6, 6.07) is 3.83. The first-order valence-electron chi connectivity index (χ1n) is 8.72. The van der Waals surface area contributed by atoms with Crippen LogP contribution >= 0.6 is 24.0 Å². The quantitative estimate of drug-likeness (QED) is 0.541. The summed E-state index contributed by atoms with van der Waals surface area (Å²) in [4.78, 5) is 15.1. The molecule has 0 saturated carbocycles.